The number of rotatable bonds is 2. The number of amides is 1. The van der Waals surface area contributed by atoms with E-state index in [4.69, 9.17) is 4.74 Å². The molecule has 114 valence electrons. The smallest absolute Gasteiger partial charge is 0.331 e. The quantitative estimate of drug-likeness (QED) is 0.607. The van der Waals surface area contributed by atoms with E-state index in [1.54, 1.807) is 0 Å². The molecule has 1 aliphatic rings. The zero-order valence-electron chi connectivity index (χ0n) is 11.1. The fourth-order valence-electron chi connectivity index (χ4n) is 2.02. The van der Waals surface area contributed by atoms with Crippen molar-refractivity contribution in [2.45, 2.75) is 6.04 Å². The molecule has 0 spiro atoms. The number of methoxy groups -OCH3 is 1. The molecule has 1 amide bonds. The molecule has 0 aromatic heterocycles. The predicted molar refractivity (Wildman–Crippen MR) is 64.0 cm³/mol. The highest BCUT2D eigenvalue weighted by atomic mass is 19.2. The molecular weight excluding hydrogens is 291 g/mol. The van der Waals surface area contributed by atoms with E-state index in [1.807, 2.05) is 0 Å². The fourth-order valence-corrected chi connectivity index (χ4v) is 2.02. The second-order valence-electron chi connectivity index (χ2n) is 4.37. The van der Waals surface area contributed by atoms with Crippen LogP contribution in [0.1, 0.15) is 10.4 Å². The van der Waals surface area contributed by atoms with Crippen LogP contribution in [-0.2, 0) is 14.3 Å². The number of halogens is 3. The second-order valence-corrected chi connectivity index (χ2v) is 4.37. The lowest BCUT2D eigenvalue weighted by Crippen LogP contribution is -2.53. The van der Waals surface area contributed by atoms with Gasteiger partial charge in [0, 0.05) is 12.1 Å². The first-order valence-electron chi connectivity index (χ1n) is 6.06. The first-order chi connectivity index (χ1) is 9.95. The lowest BCUT2D eigenvalue weighted by molar-refractivity contribution is -0.151. The predicted octanol–water partition coefficient (Wildman–Crippen LogP) is 1.12. The first kappa shape index (κ1) is 15.3. The van der Waals surface area contributed by atoms with Crippen molar-refractivity contribution in [1.82, 2.24) is 4.90 Å². The van der Waals surface area contributed by atoms with Crippen LogP contribution in [0.2, 0.25) is 0 Å². The van der Waals surface area contributed by atoms with Crippen molar-refractivity contribution in [1.29, 1.82) is 0 Å². The average Bonchev–Trinajstić information content (AvgIpc) is 2.50. The zero-order valence-corrected chi connectivity index (χ0v) is 11.1. The van der Waals surface area contributed by atoms with Crippen molar-refractivity contribution >= 4 is 11.9 Å². The molecule has 1 fully saturated rings. The Morgan fingerprint density at radius 2 is 1.90 bits per heavy atom. The first-order valence-corrected chi connectivity index (χ1v) is 6.06. The number of hydrogen-bond acceptors (Lipinski definition) is 4. The SMILES string of the molecule is COC(=O)C1COCCN1C(=O)c1cc(F)c(F)c(F)c1. The summed E-state index contributed by atoms with van der Waals surface area (Å²) in [6, 6.07) is 0.169. The highest BCUT2D eigenvalue weighted by Crippen LogP contribution is 2.18. The van der Waals surface area contributed by atoms with Crippen LogP contribution in [-0.4, -0.2) is 49.7 Å². The number of hydrogen-bond donors (Lipinski definition) is 0. The molecule has 21 heavy (non-hydrogen) atoms. The molecule has 0 aliphatic carbocycles. The van der Waals surface area contributed by atoms with Crippen molar-refractivity contribution in [3.63, 3.8) is 0 Å². The minimum atomic E-state index is -1.65. The van der Waals surface area contributed by atoms with E-state index in [1.165, 1.54) is 0 Å². The van der Waals surface area contributed by atoms with Crippen LogP contribution >= 0.6 is 0 Å². The van der Waals surface area contributed by atoms with Crippen LogP contribution in [0.25, 0.3) is 0 Å². The maximum Gasteiger partial charge on any atom is 0.331 e. The summed E-state index contributed by atoms with van der Waals surface area (Å²) in [5.74, 6) is -6.10. The van der Waals surface area contributed by atoms with Crippen molar-refractivity contribution in [3.05, 3.63) is 35.1 Å². The number of nitrogens with zero attached hydrogens (tertiary/aromatic N) is 1. The third kappa shape index (κ3) is 2.99. The normalized spacial score (nSPS) is 18.5. The third-order valence-electron chi connectivity index (χ3n) is 3.09. The summed E-state index contributed by atoms with van der Waals surface area (Å²) in [7, 11) is 1.15. The standard InChI is InChI=1S/C13H12F3NO4/c1-20-13(19)10-6-21-3-2-17(10)12(18)7-4-8(14)11(16)9(15)5-7/h4-5,10H,2-3,6H2,1H3. The number of carbonyl (C=O) groups excluding carboxylic acids is 2. The van der Waals surface area contributed by atoms with E-state index in [9.17, 15) is 22.8 Å². The largest absolute Gasteiger partial charge is 0.467 e. The molecule has 0 saturated carbocycles. The third-order valence-corrected chi connectivity index (χ3v) is 3.09. The van der Waals surface area contributed by atoms with Gasteiger partial charge < -0.3 is 14.4 Å². The Kier molecular flexibility index (Phi) is 4.46. The molecule has 0 radical (unpaired) electrons. The van der Waals surface area contributed by atoms with Crippen LogP contribution < -0.4 is 0 Å². The van der Waals surface area contributed by atoms with E-state index in [-0.39, 0.29) is 25.3 Å². The lowest BCUT2D eigenvalue weighted by atomic mass is 10.1. The van der Waals surface area contributed by atoms with Crippen molar-refractivity contribution < 1.29 is 32.2 Å². The molecule has 1 unspecified atom stereocenters. The van der Waals surface area contributed by atoms with Crippen LogP contribution in [0.5, 0.6) is 0 Å². The van der Waals surface area contributed by atoms with Gasteiger partial charge in [0.1, 0.15) is 0 Å². The van der Waals surface area contributed by atoms with Gasteiger partial charge in [-0.3, -0.25) is 4.79 Å². The van der Waals surface area contributed by atoms with E-state index in [2.05, 4.69) is 4.74 Å². The Bertz CT molecular complexity index is 556. The molecule has 1 atom stereocenters. The Hall–Kier alpha value is -2.09. The number of morpholine rings is 1. The molecule has 1 aromatic rings. The summed E-state index contributed by atoms with van der Waals surface area (Å²) in [6.07, 6.45) is 0. The van der Waals surface area contributed by atoms with Crippen LogP contribution in [0.15, 0.2) is 12.1 Å². The monoisotopic (exact) mass is 303 g/mol. The second kappa shape index (κ2) is 6.13. The molecule has 0 bridgehead atoms. The van der Waals surface area contributed by atoms with Gasteiger partial charge in [-0.25, -0.2) is 18.0 Å². The maximum atomic E-state index is 13.2. The number of benzene rings is 1. The highest BCUT2D eigenvalue weighted by molar-refractivity contribution is 5.97. The maximum absolute atomic E-state index is 13.2. The molecule has 1 heterocycles. The summed E-state index contributed by atoms with van der Waals surface area (Å²) in [6.45, 7) is 0.148. The van der Waals surface area contributed by atoms with Crippen molar-refractivity contribution in [2.24, 2.45) is 0 Å². The van der Waals surface area contributed by atoms with Crippen molar-refractivity contribution in [3.8, 4) is 0 Å². The average molecular weight is 303 g/mol. The summed E-state index contributed by atoms with van der Waals surface area (Å²) in [5, 5.41) is 0. The van der Waals surface area contributed by atoms with Crippen LogP contribution in [0.3, 0.4) is 0 Å². The summed E-state index contributed by atoms with van der Waals surface area (Å²) in [5.41, 5.74) is -0.387. The summed E-state index contributed by atoms with van der Waals surface area (Å²) >= 11 is 0. The molecular formula is C13H12F3NO4. The Morgan fingerprint density at radius 3 is 2.48 bits per heavy atom. The number of ether oxygens (including phenoxy) is 2. The molecule has 2 rings (SSSR count). The van der Waals surface area contributed by atoms with Gasteiger partial charge in [-0.1, -0.05) is 0 Å². The van der Waals surface area contributed by atoms with Gasteiger partial charge >= 0.3 is 5.97 Å². The number of esters is 1. The van der Waals surface area contributed by atoms with E-state index in [0.717, 1.165) is 12.0 Å². The van der Waals surface area contributed by atoms with Gasteiger partial charge in [-0.05, 0) is 12.1 Å². The van der Waals surface area contributed by atoms with E-state index >= 15 is 0 Å². The van der Waals surface area contributed by atoms with E-state index < -0.39 is 35.4 Å². The summed E-state index contributed by atoms with van der Waals surface area (Å²) in [4.78, 5) is 24.9. The van der Waals surface area contributed by atoms with Gasteiger partial charge in [0.2, 0.25) is 0 Å². The van der Waals surface area contributed by atoms with Gasteiger partial charge in [0.25, 0.3) is 5.91 Å². The Balaban J connectivity index is 2.31. The van der Waals surface area contributed by atoms with Crippen LogP contribution in [0.4, 0.5) is 13.2 Å². The summed E-state index contributed by atoms with van der Waals surface area (Å²) < 4.78 is 48.9. The Morgan fingerprint density at radius 1 is 1.29 bits per heavy atom. The van der Waals surface area contributed by atoms with Gasteiger partial charge in [0.15, 0.2) is 23.5 Å². The molecule has 1 aromatic carbocycles. The van der Waals surface area contributed by atoms with E-state index in [0.29, 0.717) is 12.1 Å². The number of carbonyl (C=O) groups is 2. The van der Waals surface area contributed by atoms with Gasteiger partial charge in [0.05, 0.1) is 20.3 Å². The minimum Gasteiger partial charge on any atom is -0.467 e. The van der Waals surface area contributed by atoms with Gasteiger partial charge in [-0.2, -0.15) is 0 Å². The van der Waals surface area contributed by atoms with Gasteiger partial charge in [-0.15, -0.1) is 0 Å². The topological polar surface area (TPSA) is 55.8 Å². The molecule has 5 nitrogen and oxygen atoms in total. The minimum absolute atomic E-state index is 0.0548. The molecule has 1 saturated heterocycles. The Labute approximate surface area is 118 Å². The van der Waals surface area contributed by atoms with Crippen LogP contribution in [0, 0.1) is 17.5 Å². The lowest BCUT2D eigenvalue weighted by Gasteiger charge is -2.33. The zero-order chi connectivity index (χ0) is 15.6. The van der Waals surface area contributed by atoms with Crippen molar-refractivity contribution in [2.75, 3.05) is 26.9 Å². The molecule has 1 aliphatic heterocycles. The molecule has 0 N–H and O–H groups in total. The fraction of sp³-hybridized carbons (Fsp3) is 0.385. The molecule has 8 heteroatoms. The highest BCUT2D eigenvalue weighted by Gasteiger charge is 2.34.